The van der Waals surface area contributed by atoms with Crippen LogP contribution in [0.4, 0.5) is 0 Å². The zero-order valence-corrected chi connectivity index (χ0v) is 22.4. The number of fused-ring (bicyclic) bond motifs is 1. The number of rotatable bonds is 7. The number of piperidine rings is 1. The van der Waals surface area contributed by atoms with Crippen LogP contribution in [0.15, 0.2) is 52.4 Å². The van der Waals surface area contributed by atoms with Gasteiger partial charge in [-0.1, -0.05) is 31.3 Å². The lowest BCUT2D eigenvalue weighted by molar-refractivity contribution is -0.143. The number of hydrogen-bond donors (Lipinski definition) is 0. The molecule has 0 N–H and O–H groups in total. The molecule has 0 radical (unpaired) electrons. The van der Waals surface area contributed by atoms with Crippen molar-refractivity contribution >= 4 is 43.5 Å². The molecule has 10 heteroatoms. The first kappa shape index (κ1) is 26.2. The minimum Gasteiger partial charge on any atom is -0.465 e. The maximum atomic E-state index is 13.0. The van der Waals surface area contributed by atoms with Gasteiger partial charge in [0.15, 0.2) is 4.80 Å². The smallest absolute Gasteiger partial charge is 0.326 e. The van der Waals surface area contributed by atoms with Crippen molar-refractivity contribution in [1.29, 1.82) is 0 Å². The number of aromatic nitrogens is 1. The van der Waals surface area contributed by atoms with E-state index in [9.17, 15) is 18.0 Å². The minimum atomic E-state index is -3.60. The van der Waals surface area contributed by atoms with E-state index in [1.54, 1.807) is 11.5 Å². The normalized spacial score (nSPS) is 15.9. The van der Waals surface area contributed by atoms with Crippen molar-refractivity contribution in [3.8, 4) is 0 Å². The standard InChI is InChI=1S/C26H31N3O5S2/c1-4-19-6-11-22-23(16-19)35-26(29(22)17-24(30)34-5-2)27-25(31)20-7-9-21(10-8-20)36(32,33)28-14-12-18(3)13-15-28/h6-11,16,18H,4-5,12-15,17H2,1-3H3. The molecule has 2 heterocycles. The van der Waals surface area contributed by atoms with Crippen LogP contribution in [-0.4, -0.2) is 48.9 Å². The fourth-order valence-electron chi connectivity index (χ4n) is 4.21. The van der Waals surface area contributed by atoms with Crippen LogP contribution in [0.5, 0.6) is 0 Å². The molecular weight excluding hydrogens is 498 g/mol. The lowest BCUT2D eigenvalue weighted by Crippen LogP contribution is -2.37. The first-order valence-corrected chi connectivity index (χ1v) is 14.5. The molecule has 0 aliphatic carbocycles. The Morgan fingerprint density at radius 3 is 2.42 bits per heavy atom. The zero-order valence-electron chi connectivity index (χ0n) is 20.8. The van der Waals surface area contributed by atoms with Crippen molar-refractivity contribution in [3.05, 3.63) is 58.4 Å². The second-order valence-corrected chi connectivity index (χ2v) is 11.9. The summed E-state index contributed by atoms with van der Waals surface area (Å²) in [6.07, 6.45) is 2.55. The fraction of sp³-hybridized carbons (Fsp3) is 0.423. The number of amides is 1. The molecule has 0 saturated carbocycles. The number of aryl methyl sites for hydroxylation is 1. The Labute approximate surface area is 215 Å². The first-order valence-electron chi connectivity index (χ1n) is 12.2. The molecule has 1 amide bonds. The number of thiazole rings is 1. The van der Waals surface area contributed by atoms with E-state index in [0.29, 0.717) is 23.8 Å². The average Bonchev–Trinajstić information content (AvgIpc) is 3.20. The summed E-state index contributed by atoms with van der Waals surface area (Å²) in [6, 6.07) is 11.8. The lowest BCUT2D eigenvalue weighted by Gasteiger charge is -2.29. The summed E-state index contributed by atoms with van der Waals surface area (Å²) in [5, 5.41) is 0. The van der Waals surface area contributed by atoms with Gasteiger partial charge in [-0.25, -0.2) is 8.42 Å². The Kier molecular flexibility index (Phi) is 8.07. The van der Waals surface area contributed by atoms with Crippen LogP contribution in [0.1, 0.15) is 49.5 Å². The molecule has 192 valence electrons. The molecule has 1 aromatic heterocycles. The largest absolute Gasteiger partial charge is 0.465 e. The van der Waals surface area contributed by atoms with Crippen LogP contribution in [0, 0.1) is 5.92 Å². The van der Waals surface area contributed by atoms with Gasteiger partial charge in [0, 0.05) is 18.7 Å². The number of ether oxygens (including phenoxy) is 1. The number of carbonyl (C=O) groups is 2. The maximum Gasteiger partial charge on any atom is 0.326 e. The van der Waals surface area contributed by atoms with Gasteiger partial charge < -0.3 is 9.30 Å². The molecule has 0 bridgehead atoms. The molecule has 1 fully saturated rings. The Hall–Kier alpha value is -2.82. The average molecular weight is 530 g/mol. The second-order valence-electron chi connectivity index (χ2n) is 8.96. The third-order valence-electron chi connectivity index (χ3n) is 6.43. The molecule has 1 aliphatic heterocycles. The van der Waals surface area contributed by atoms with E-state index >= 15 is 0 Å². The quantitative estimate of drug-likeness (QED) is 0.431. The van der Waals surface area contributed by atoms with E-state index in [-0.39, 0.29) is 23.6 Å². The predicted molar refractivity (Wildman–Crippen MR) is 139 cm³/mol. The van der Waals surface area contributed by atoms with Gasteiger partial charge in [0.2, 0.25) is 10.0 Å². The molecule has 8 nitrogen and oxygen atoms in total. The SMILES string of the molecule is CCOC(=O)Cn1c(=NC(=O)c2ccc(S(=O)(=O)N3CCC(C)CC3)cc2)sc2cc(CC)ccc21. The van der Waals surface area contributed by atoms with Crippen molar-refractivity contribution in [1.82, 2.24) is 8.87 Å². The van der Waals surface area contributed by atoms with Crippen LogP contribution >= 0.6 is 11.3 Å². The highest BCUT2D eigenvalue weighted by Gasteiger charge is 2.28. The van der Waals surface area contributed by atoms with Gasteiger partial charge in [-0.15, -0.1) is 0 Å². The van der Waals surface area contributed by atoms with E-state index in [4.69, 9.17) is 4.74 Å². The van der Waals surface area contributed by atoms with Gasteiger partial charge in [-0.05, 0) is 74.1 Å². The van der Waals surface area contributed by atoms with Gasteiger partial charge in [-0.2, -0.15) is 9.30 Å². The van der Waals surface area contributed by atoms with Crippen LogP contribution in [0.2, 0.25) is 0 Å². The number of esters is 1. The summed E-state index contributed by atoms with van der Waals surface area (Å²) >= 11 is 1.33. The van der Waals surface area contributed by atoms with Crippen LogP contribution in [0.3, 0.4) is 0 Å². The van der Waals surface area contributed by atoms with Gasteiger partial charge in [0.1, 0.15) is 6.54 Å². The molecule has 2 aromatic carbocycles. The molecular formula is C26H31N3O5S2. The van der Waals surface area contributed by atoms with Crippen LogP contribution in [0.25, 0.3) is 10.2 Å². The fourth-order valence-corrected chi connectivity index (χ4v) is 6.77. The van der Waals surface area contributed by atoms with E-state index < -0.39 is 21.9 Å². The van der Waals surface area contributed by atoms with Crippen molar-refractivity contribution in [2.75, 3.05) is 19.7 Å². The monoisotopic (exact) mass is 529 g/mol. The van der Waals surface area contributed by atoms with E-state index in [0.717, 1.165) is 35.0 Å². The van der Waals surface area contributed by atoms with Crippen molar-refractivity contribution in [2.24, 2.45) is 10.9 Å². The summed E-state index contributed by atoms with van der Waals surface area (Å²) in [5.41, 5.74) is 2.22. The van der Waals surface area contributed by atoms with Crippen molar-refractivity contribution in [2.45, 2.75) is 51.5 Å². The molecule has 36 heavy (non-hydrogen) atoms. The highest BCUT2D eigenvalue weighted by Crippen LogP contribution is 2.24. The molecule has 1 aliphatic rings. The third-order valence-corrected chi connectivity index (χ3v) is 9.38. The third kappa shape index (κ3) is 5.61. The van der Waals surface area contributed by atoms with E-state index in [1.807, 2.05) is 18.2 Å². The summed E-state index contributed by atoms with van der Waals surface area (Å²) in [5.74, 6) is -0.398. The molecule has 0 atom stereocenters. The predicted octanol–water partition coefficient (Wildman–Crippen LogP) is 3.99. The number of carbonyl (C=O) groups excluding carboxylic acids is 2. The molecule has 1 saturated heterocycles. The molecule has 0 unspecified atom stereocenters. The number of benzene rings is 2. The van der Waals surface area contributed by atoms with Crippen molar-refractivity contribution < 1.29 is 22.7 Å². The number of hydrogen-bond acceptors (Lipinski definition) is 6. The zero-order chi connectivity index (χ0) is 25.9. The van der Waals surface area contributed by atoms with E-state index in [1.165, 1.54) is 39.9 Å². The molecule has 0 spiro atoms. The van der Waals surface area contributed by atoms with Gasteiger partial charge >= 0.3 is 5.97 Å². The lowest BCUT2D eigenvalue weighted by atomic mass is 10.0. The van der Waals surface area contributed by atoms with Crippen LogP contribution in [-0.2, 0) is 32.5 Å². The Balaban J connectivity index is 1.64. The Bertz CT molecular complexity index is 1430. The first-order chi connectivity index (χ1) is 17.2. The maximum absolute atomic E-state index is 13.0. The second kappa shape index (κ2) is 11.1. The summed E-state index contributed by atoms with van der Waals surface area (Å²) in [4.78, 5) is 30.1. The molecule has 4 rings (SSSR count). The summed E-state index contributed by atoms with van der Waals surface area (Å²) in [6.45, 7) is 7.15. The van der Waals surface area contributed by atoms with Gasteiger partial charge in [-0.3, -0.25) is 9.59 Å². The van der Waals surface area contributed by atoms with Gasteiger partial charge in [0.25, 0.3) is 5.91 Å². The van der Waals surface area contributed by atoms with Gasteiger partial charge in [0.05, 0.1) is 21.7 Å². The number of sulfonamides is 1. The minimum absolute atomic E-state index is 0.0585. The topological polar surface area (TPSA) is 98.0 Å². The summed E-state index contributed by atoms with van der Waals surface area (Å²) < 4.78 is 35.2. The van der Waals surface area contributed by atoms with E-state index in [2.05, 4.69) is 18.8 Å². The molecule has 3 aromatic rings. The van der Waals surface area contributed by atoms with Crippen LogP contribution < -0.4 is 4.80 Å². The highest BCUT2D eigenvalue weighted by atomic mass is 32.2. The van der Waals surface area contributed by atoms with Crippen molar-refractivity contribution in [3.63, 3.8) is 0 Å². The number of nitrogens with zero attached hydrogens (tertiary/aromatic N) is 3. The Morgan fingerprint density at radius 1 is 1.08 bits per heavy atom. The highest BCUT2D eigenvalue weighted by molar-refractivity contribution is 7.89. The Morgan fingerprint density at radius 2 is 1.78 bits per heavy atom. The summed E-state index contributed by atoms with van der Waals surface area (Å²) in [7, 11) is -3.60.